The number of methoxy groups -OCH3 is 1. The van der Waals surface area contributed by atoms with E-state index in [0.29, 0.717) is 15.7 Å². The van der Waals surface area contributed by atoms with Crippen molar-refractivity contribution in [3.8, 4) is 0 Å². The van der Waals surface area contributed by atoms with Gasteiger partial charge in [0.25, 0.3) is 0 Å². The Hall–Kier alpha value is -1.63. The Morgan fingerprint density at radius 2 is 1.93 bits per heavy atom. The molecule has 1 aromatic carbocycles. The highest BCUT2D eigenvalue weighted by Crippen LogP contribution is 2.37. The molecule has 0 fully saturated rings. The Labute approximate surface area is 174 Å². The number of anilines is 2. The third-order valence-electron chi connectivity index (χ3n) is 4.72. The molecule has 27 heavy (non-hydrogen) atoms. The van der Waals surface area contributed by atoms with E-state index in [4.69, 9.17) is 28.6 Å². The maximum Gasteiger partial charge on any atom is 0.341 e. The number of ether oxygens (including phenoxy) is 1. The van der Waals surface area contributed by atoms with Crippen molar-refractivity contribution in [2.24, 2.45) is 0 Å². The number of thiocarbonyl (C=S) groups is 1. The highest BCUT2D eigenvalue weighted by Gasteiger charge is 2.25. The summed E-state index contributed by atoms with van der Waals surface area (Å²) in [7, 11) is 1.42. The zero-order chi connectivity index (χ0) is 19.4. The monoisotopic (exact) mass is 422 g/mol. The molecule has 0 saturated carbocycles. The van der Waals surface area contributed by atoms with Crippen LogP contribution in [-0.2, 0) is 17.6 Å². The number of nitrogens with one attached hydrogen (secondary N) is 2. The summed E-state index contributed by atoms with van der Waals surface area (Å²) in [6, 6.07) is 5.69. The average molecular weight is 423 g/mol. The highest BCUT2D eigenvalue weighted by molar-refractivity contribution is 7.80. The van der Waals surface area contributed by atoms with E-state index in [1.165, 1.54) is 24.8 Å². The van der Waals surface area contributed by atoms with E-state index in [2.05, 4.69) is 10.6 Å². The summed E-state index contributed by atoms with van der Waals surface area (Å²) in [5.41, 5.74) is 3.56. The number of esters is 1. The van der Waals surface area contributed by atoms with E-state index >= 15 is 0 Å². The second-order valence-electron chi connectivity index (χ2n) is 6.66. The van der Waals surface area contributed by atoms with Crippen molar-refractivity contribution >= 4 is 56.9 Å². The van der Waals surface area contributed by atoms with Crippen LogP contribution in [0.5, 0.6) is 0 Å². The van der Waals surface area contributed by atoms with Crippen molar-refractivity contribution in [3.05, 3.63) is 44.8 Å². The van der Waals surface area contributed by atoms with Gasteiger partial charge in [-0.2, -0.15) is 0 Å². The molecule has 3 rings (SSSR count). The summed E-state index contributed by atoms with van der Waals surface area (Å²) in [6.45, 7) is 1.95. The fraction of sp³-hybridized carbons (Fsp3) is 0.400. The van der Waals surface area contributed by atoms with Gasteiger partial charge in [0.1, 0.15) is 5.00 Å². The fourth-order valence-corrected chi connectivity index (χ4v) is 5.01. The van der Waals surface area contributed by atoms with E-state index in [1.54, 1.807) is 11.3 Å². The lowest BCUT2D eigenvalue weighted by Gasteiger charge is -2.12. The molecular formula is C20H23ClN2O2S2. The van der Waals surface area contributed by atoms with Crippen LogP contribution in [0, 0.1) is 6.92 Å². The number of hydrogen-bond donors (Lipinski definition) is 2. The summed E-state index contributed by atoms with van der Waals surface area (Å²) in [6.07, 6.45) is 6.59. The fourth-order valence-electron chi connectivity index (χ4n) is 3.26. The van der Waals surface area contributed by atoms with Gasteiger partial charge in [0.05, 0.1) is 12.7 Å². The van der Waals surface area contributed by atoms with Crippen LogP contribution in [-0.4, -0.2) is 18.2 Å². The van der Waals surface area contributed by atoms with Crippen molar-refractivity contribution in [2.75, 3.05) is 17.7 Å². The molecular weight excluding hydrogens is 400 g/mol. The normalized spacial score (nSPS) is 13.9. The Morgan fingerprint density at radius 1 is 1.19 bits per heavy atom. The molecule has 0 amide bonds. The average Bonchev–Trinajstić information content (AvgIpc) is 2.93. The van der Waals surface area contributed by atoms with Gasteiger partial charge in [0.2, 0.25) is 0 Å². The van der Waals surface area contributed by atoms with E-state index in [-0.39, 0.29) is 5.97 Å². The molecule has 1 aliphatic carbocycles. The number of hydrogen-bond acceptors (Lipinski definition) is 4. The molecule has 4 nitrogen and oxygen atoms in total. The van der Waals surface area contributed by atoms with E-state index in [9.17, 15) is 4.79 Å². The lowest BCUT2D eigenvalue weighted by atomic mass is 9.96. The number of rotatable bonds is 3. The Morgan fingerprint density at radius 3 is 2.63 bits per heavy atom. The summed E-state index contributed by atoms with van der Waals surface area (Å²) in [5.74, 6) is -0.309. The van der Waals surface area contributed by atoms with Gasteiger partial charge in [-0.1, -0.05) is 30.5 Å². The Bertz CT molecular complexity index is 864. The van der Waals surface area contributed by atoms with Crippen LogP contribution in [0.4, 0.5) is 10.7 Å². The highest BCUT2D eigenvalue weighted by atomic mass is 35.5. The lowest BCUT2D eigenvalue weighted by Crippen LogP contribution is -2.20. The van der Waals surface area contributed by atoms with Gasteiger partial charge in [-0.3, -0.25) is 0 Å². The third kappa shape index (κ3) is 4.81. The van der Waals surface area contributed by atoms with E-state index in [1.807, 2.05) is 25.1 Å². The van der Waals surface area contributed by atoms with Crippen LogP contribution in [0.3, 0.4) is 0 Å². The summed E-state index contributed by atoms with van der Waals surface area (Å²) >= 11 is 13.2. The molecule has 0 radical (unpaired) electrons. The summed E-state index contributed by atoms with van der Waals surface area (Å²) in [4.78, 5) is 13.7. The molecule has 2 N–H and O–H groups in total. The van der Waals surface area contributed by atoms with Crippen LogP contribution in [0.25, 0.3) is 0 Å². The van der Waals surface area contributed by atoms with Crippen LogP contribution in [0.15, 0.2) is 18.2 Å². The van der Waals surface area contributed by atoms with Crippen molar-refractivity contribution in [1.82, 2.24) is 0 Å². The topological polar surface area (TPSA) is 50.4 Å². The quantitative estimate of drug-likeness (QED) is 0.471. The van der Waals surface area contributed by atoms with Crippen molar-refractivity contribution < 1.29 is 9.53 Å². The summed E-state index contributed by atoms with van der Waals surface area (Å²) < 4.78 is 5.05. The first-order chi connectivity index (χ1) is 13.0. The lowest BCUT2D eigenvalue weighted by molar-refractivity contribution is 0.0601. The number of carbonyl (C=O) groups is 1. The molecule has 0 saturated heterocycles. The predicted molar refractivity (Wildman–Crippen MR) is 118 cm³/mol. The van der Waals surface area contributed by atoms with Crippen molar-refractivity contribution in [2.45, 2.75) is 45.4 Å². The number of carbonyl (C=O) groups excluding carboxylic acids is 1. The summed E-state index contributed by atoms with van der Waals surface area (Å²) in [5, 5.41) is 8.20. The van der Waals surface area contributed by atoms with Gasteiger partial charge in [0, 0.05) is 15.6 Å². The standard InChI is InChI=1S/C20H23ClN2O2S2/c1-12-9-10-13(11-15(12)21)22-20(26)23-18-17(19(24)25-2)14-7-5-3-4-6-8-16(14)27-18/h9-11H,3-8H2,1-2H3,(H2,22,23,26). The van der Waals surface area contributed by atoms with Gasteiger partial charge in [-0.25, -0.2) is 4.79 Å². The predicted octanol–water partition coefficient (Wildman–Crippen LogP) is 5.96. The van der Waals surface area contributed by atoms with Crippen LogP contribution >= 0.6 is 35.2 Å². The minimum atomic E-state index is -0.309. The van der Waals surface area contributed by atoms with Gasteiger partial charge in [0.15, 0.2) is 5.11 Å². The zero-order valence-corrected chi connectivity index (χ0v) is 17.9. The first-order valence-corrected chi connectivity index (χ1v) is 10.7. The van der Waals surface area contributed by atoms with Gasteiger partial charge in [-0.15, -0.1) is 11.3 Å². The number of fused-ring (bicyclic) bond motifs is 1. The zero-order valence-electron chi connectivity index (χ0n) is 15.5. The van der Waals surface area contributed by atoms with Crippen molar-refractivity contribution in [3.63, 3.8) is 0 Å². The molecule has 0 unspecified atom stereocenters. The van der Waals surface area contributed by atoms with Crippen LogP contribution in [0.2, 0.25) is 5.02 Å². The van der Waals surface area contributed by atoms with Crippen molar-refractivity contribution in [1.29, 1.82) is 0 Å². The molecule has 1 heterocycles. The molecule has 1 aromatic heterocycles. The molecule has 2 aromatic rings. The largest absolute Gasteiger partial charge is 0.465 e. The van der Waals surface area contributed by atoms with Crippen LogP contribution < -0.4 is 10.6 Å². The SMILES string of the molecule is COC(=O)c1c(NC(=S)Nc2ccc(C)c(Cl)c2)sc2c1CCCCCC2. The molecule has 0 aliphatic heterocycles. The maximum atomic E-state index is 12.5. The molecule has 0 spiro atoms. The number of thiophene rings is 1. The van der Waals surface area contributed by atoms with E-state index < -0.39 is 0 Å². The second-order valence-corrected chi connectivity index (χ2v) is 8.58. The third-order valence-corrected chi connectivity index (χ3v) is 6.54. The molecule has 1 aliphatic rings. The Kier molecular flexibility index (Phi) is 6.73. The second kappa shape index (κ2) is 9.04. The van der Waals surface area contributed by atoms with E-state index in [0.717, 1.165) is 47.5 Å². The smallest absolute Gasteiger partial charge is 0.341 e. The number of halogens is 1. The first-order valence-electron chi connectivity index (χ1n) is 9.06. The van der Waals surface area contributed by atoms with Gasteiger partial charge >= 0.3 is 5.97 Å². The molecule has 0 atom stereocenters. The minimum absolute atomic E-state index is 0.309. The number of benzene rings is 1. The number of aryl methyl sites for hydroxylation is 2. The minimum Gasteiger partial charge on any atom is -0.465 e. The molecule has 7 heteroatoms. The van der Waals surface area contributed by atoms with Gasteiger partial charge < -0.3 is 15.4 Å². The van der Waals surface area contributed by atoms with Gasteiger partial charge in [-0.05, 0) is 68.1 Å². The van der Waals surface area contributed by atoms with Crippen LogP contribution in [0.1, 0.15) is 52.0 Å². The first kappa shape index (κ1) is 20.1. The maximum absolute atomic E-state index is 12.5. The molecule has 0 bridgehead atoms. The molecule has 144 valence electrons. The Balaban J connectivity index is 1.84.